The Kier molecular flexibility index (Phi) is 7.71. The van der Waals surface area contributed by atoms with Gasteiger partial charge in [0.25, 0.3) is 0 Å². The summed E-state index contributed by atoms with van der Waals surface area (Å²) in [6.07, 6.45) is 1.18. The molecule has 0 spiro atoms. The van der Waals surface area contributed by atoms with Crippen molar-refractivity contribution in [3.8, 4) is 0 Å². The summed E-state index contributed by atoms with van der Waals surface area (Å²) in [5.74, 6) is 0. The van der Waals surface area contributed by atoms with Crippen molar-refractivity contribution in [2.24, 2.45) is 0 Å². The monoisotopic (exact) mass is 480 g/mol. The van der Waals surface area contributed by atoms with E-state index >= 15 is 0 Å². The van der Waals surface area contributed by atoms with Gasteiger partial charge in [0, 0.05) is 10.5 Å². The molecule has 172 valence electrons. The number of thioether (sulfide) groups is 2. The molecule has 4 nitrogen and oxygen atoms in total. The highest BCUT2D eigenvalue weighted by molar-refractivity contribution is 8.03. The molecule has 0 amide bonds. The minimum atomic E-state index is -0.417. The van der Waals surface area contributed by atoms with E-state index in [0.29, 0.717) is 13.2 Å². The summed E-state index contributed by atoms with van der Waals surface area (Å²) in [6.45, 7) is 1.01. The molecule has 0 aromatic heterocycles. The Morgan fingerprint density at radius 1 is 0.848 bits per heavy atom. The van der Waals surface area contributed by atoms with E-state index in [-0.39, 0.29) is 29.0 Å². The summed E-state index contributed by atoms with van der Waals surface area (Å²) < 4.78 is 25.8. The van der Waals surface area contributed by atoms with Gasteiger partial charge in [0.05, 0.1) is 18.5 Å². The molecule has 1 unspecified atom stereocenters. The highest BCUT2D eigenvalue weighted by Crippen LogP contribution is 2.43. The van der Waals surface area contributed by atoms with Crippen molar-refractivity contribution in [3.05, 3.63) is 102 Å². The summed E-state index contributed by atoms with van der Waals surface area (Å²) in [7, 11) is 0. The van der Waals surface area contributed by atoms with Crippen molar-refractivity contribution >= 4 is 23.5 Å². The molecule has 2 aliphatic heterocycles. The topological polar surface area (TPSA) is 36.9 Å². The van der Waals surface area contributed by atoms with Crippen LogP contribution in [0.4, 0.5) is 0 Å². The van der Waals surface area contributed by atoms with Crippen LogP contribution in [0.15, 0.2) is 95.9 Å². The number of rotatable bonds is 7. The molecule has 33 heavy (non-hydrogen) atoms. The molecule has 0 aliphatic carbocycles. The average Bonchev–Trinajstić information content (AvgIpc) is 2.88. The molecule has 2 aliphatic rings. The Bertz CT molecular complexity index is 989. The molecular weight excluding hydrogens is 452 g/mol. The molecular formula is C27H28O4S2. The molecule has 0 radical (unpaired) electrons. The zero-order valence-corrected chi connectivity index (χ0v) is 20.1. The van der Waals surface area contributed by atoms with Gasteiger partial charge >= 0.3 is 0 Å². The third-order valence-corrected chi connectivity index (χ3v) is 8.32. The molecule has 5 rings (SSSR count). The largest absolute Gasteiger partial charge is 0.369 e. The SMILES string of the molecule is CS[C@H]1[C@@H](OCc2ccccc2)[C@@H]2OC(c3ccccc3)OC[C@H]2O[C@H]1Sc1ccccc1. The fourth-order valence-electron chi connectivity index (χ4n) is 4.26. The van der Waals surface area contributed by atoms with Crippen LogP contribution in [0.25, 0.3) is 0 Å². The molecule has 0 saturated carbocycles. The second kappa shape index (κ2) is 11.1. The van der Waals surface area contributed by atoms with Crippen LogP contribution in [-0.2, 0) is 25.6 Å². The smallest absolute Gasteiger partial charge is 0.184 e. The average molecular weight is 481 g/mol. The first-order chi connectivity index (χ1) is 16.3. The van der Waals surface area contributed by atoms with E-state index in [1.54, 1.807) is 23.5 Å². The molecule has 6 heteroatoms. The third-order valence-electron chi connectivity index (χ3n) is 5.91. The first-order valence-corrected chi connectivity index (χ1v) is 13.4. The highest BCUT2D eigenvalue weighted by atomic mass is 32.2. The third kappa shape index (κ3) is 5.48. The van der Waals surface area contributed by atoms with Crippen LogP contribution < -0.4 is 0 Å². The lowest BCUT2D eigenvalue weighted by Gasteiger charge is -2.49. The van der Waals surface area contributed by atoms with Gasteiger partial charge in [-0.1, -0.05) is 90.6 Å². The van der Waals surface area contributed by atoms with E-state index in [0.717, 1.165) is 11.1 Å². The second-order valence-corrected chi connectivity index (χ2v) is 10.3. The quantitative estimate of drug-likeness (QED) is 0.417. The van der Waals surface area contributed by atoms with E-state index in [2.05, 4.69) is 42.7 Å². The molecule has 6 atom stereocenters. The molecule has 2 saturated heterocycles. The Hall–Kier alpha value is -1.80. The molecule has 3 aromatic carbocycles. The van der Waals surface area contributed by atoms with Crippen LogP contribution in [0.1, 0.15) is 17.4 Å². The lowest BCUT2D eigenvalue weighted by atomic mass is 10.00. The molecule has 0 N–H and O–H groups in total. The maximum absolute atomic E-state index is 6.60. The zero-order chi connectivity index (χ0) is 22.5. The Balaban J connectivity index is 1.39. The van der Waals surface area contributed by atoms with Crippen LogP contribution in [-0.4, -0.2) is 41.9 Å². The Morgan fingerprint density at radius 2 is 1.52 bits per heavy atom. The van der Waals surface area contributed by atoms with Gasteiger partial charge in [-0.05, 0) is 24.0 Å². The number of ether oxygens (including phenoxy) is 4. The van der Waals surface area contributed by atoms with E-state index in [1.165, 1.54) is 4.90 Å². The first-order valence-electron chi connectivity index (χ1n) is 11.2. The van der Waals surface area contributed by atoms with Gasteiger partial charge in [-0.2, -0.15) is 11.8 Å². The van der Waals surface area contributed by atoms with Crippen molar-refractivity contribution in [2.75, 3.05) is 12.9 Å². The van der Waals surface area contributed by atoms with Gasteiger partial charge in [-0.3, -0.25) is 0 Å². The molecule has 3 aromatic rings. The van der Waals surface area contributed by atoms with E-state index in [9.17, 15) is 0 Å². The fraction of sp³-hybridized carbons (Fsp3) is 0.333. The molecule has 0 bridgehead atoms. The summed E-state index contributed by atoms with van der Waals surface area (Å²) in [5, 5.41) is 0.106. The van der Waals surface area contributed by atoms with Crippen LogP contribution in [0, 0.1) is 0 Å². The first kappa shape index (κ1) is 23.0. The van der Waals surface area contributed by atoms with E-state index in [4.69, 9.17) is 18.9 Å². The normalized spacial score (nSPS) is 29.4. The molecule has 2 fully saturated rings. The predicted octanol–water partition coefficient (Wildman–Crippen LogP) is 5.93. The van der Waals surface area contributed by atoms with Gasteiger partial charge < -0.3 is 18.9 Å². The lowest BCUT2D eigenvalue weighted by Crippen LogP contribution is -2.60. The fourth-order valence-corrected chi connectivity index (χ4v) is 6.62. The van der Waals surface area contributed by atoms with Crippen LogP contribution >= 0.6 is 23.5 Å². The van der Waals surface area contributed by atoms with Gasteiger partial charge in [0.15, 0.2) is 6.29 Å². The van der Waals surface area contributed by atoms with Gasteiger partial charge in [0.2, 0.25) is 0 Å². The Labute approximate surface area is 204 Å². The summed E-state index contributed by atoms with van der Waals surface area (Å²) >= 11 is 3.52. The maximum Gasteiger partial charge on any atom is 0.184 e. The van der Waals surface area contributed by atoms with Crippen LogP contribution in [0.3, 0.4) is 0 Å². The van der Waals surface area contributed by atoms with Gasteiger partial charge in [-0.25, -0.2) is 0 Å². The van der Waals surface area contributed by atoms with E-state index < -0.39 is 6.29 Å². The van der Waals surface area contributed by atoms with Crippen molar-refractivity contribution in [1.82, 2.24) is 0 Å². The molecule has 2 heterocycles. The predicted molar refractivity (Wildman–Crippen MR) is 133 cm³/mol. The number of hydrogen-bond acceptors (Lipinski definition) is 6. The second-order valence-electron chi connectivity index (χ2n) is 8.11. The van der Waals surface area contributed by atoms with Crippen molar-refractivity contribution in [3.63, 3.8) is 0 Å². The maximum atomic E-state index is 6.60. The van der Waals surface area contributed by atoms with E-state index in [1.807, 2.05) is 54.6 Å². The number of hydrogen-bond donors (Lipinski definition) is 0. The van der Waals surface area contributed by atoms with Crippen molar-refractivity contribution in [1.29, 1.82) is 0 Å². The lowest BCUT2D eigenvalue weighted by molar-refractivity contribution is -0.306. The minimum absolute atomic E-state index is 0.0649. The number of benzene rings is 3. The summed E-state index contributed by atoms with van der Waals surface area (Å²) in [4.78, 5) is 1.18. The van der Waals surface area contributed by atoms with Crippen molar-refractivity contribution in [2.45, 2.75) is 46.8 Å². The summed E-state index contributed by atoms with van der Waals surface area (Å²) in [6, 6.07) is 30.8. The van der Waals surface area contributed by atoms with Crippen molar-refractivity contribution < 1.29 is 18.9 Å². The Morgan fingerprint density at radius 3 is 2.21 bits per heavy atom. The van der Waals surface area contributed by atoms with Gasteiger partial charge in [-0.15, -0.1) is 0 Å². The van der Waals surface area contributed by atoms with Crippen LogP contribution in [0.2, 0.25) is 0 Å². The van der Waals surface area contributed by atoms with Gasteiger partial charge in [0.1, 0.15) is 23.7 Å². The summed E-state index contributed by atoms with van der Waals surface area (Å²) in [5.41, 5.74) is 2.10. The highest BCUT2D eigenvalue weighted by Gasteiger charge is 2.50. The minimum Gasteiger partial charge on any atom is -0.369 e. The standard InChI is InChI=1S/C27H28O4S2/c1-32-25-24(28-17-19-11-5-2-6-12-19)23-22(30-27(25)33-21-15-9-4-10-16-21)18-29-26(31-23)20-13-7-3-8-14-20/h2-16,22-27H,17-18H2,1H3/t22-,23-,24+,25+,26?,27+/m1/s1. The zero-order valence-electron chi connectivity index (χ0n) is 18.5. The van der Waals surface area contributed by atoms with Crippen LogP contribution in [0.5, 0.6) is 0 Å². The number of fused-ring (bicyclic) bond motifs is 1.